The maximum absolute atomic E-state index is 11.4. The number of hydrogen-bond acceptors (Lipinski definition) is 4. The van der Waals surface area contributed by atoms with Crippen molar-refractivity contribution in [3.63, 3.8) is 0 Å². The topological polar surface area (TPSA) is 52.6 Å². The van der Waals surface area contributed by atoms with Crippen LogP contribution < -0.4 is 0 Å². The fourth-order valence-electron chi connectivity index (χ4n) is 4.68. The number of benzene rings is 2. The lowest BCUT2D eigenvalue weighted by Crippen LogP contribution is -2.22. The zero-order valence-corrected chi connectivity index (χ0v) is 19.2. The van der Waals surface area contributed by atoms with E-state index in [1.165, 1.54) is 30.9 Å². The molecular formula is C28H34O4. The molecule has 1 atom stereocenters. The Labute approximate surface area is 191 Å². The number of esters is 2. The van der Waals surface area contributed by atoms with Crippen LogP contribution in [0.2, 0.25) is 0 Å². The smallest absolute Gasteiger partial charge is 0.308 e. The summed E-state index contributed by atoms with van der Waals surface area (Å²) in [6.45, 7) is 0. The lowest BCUT2D eigenvalue weighted by Gasteiger charge is -2.27. The van der Waals surface area contributed by atoms with Crippen LogP contribution >= 0.6 is 0 Å². The predicted molar refractivity (Wildman–Crippen MR) is 127 cm³/mol. The zero-order valence-electron chi connectivity index (χ0n) is 19.2. The number of hydrogen-bond donors (Lipinski definition) is 0. The number of carbonyl (C=O) groups excluding carboxylic acids is 2. The second-order valence-corrected chi connectivity index (χ2v) is 8.57. The molecule has 0 aliphatic heterocycles. The molecule has 0 amide bonds. The Kier molecular flexibility index (Phi) is 9.09. The first-order valence-corrected chi connectivity index (χ1v) is 11.6. The Morgan fingerprint density at radius 3 is 1.81 bits per heavy atom. The highest BCUT2D eigenvalue weighted by atomic mass is 16.5. The molecule has 170 valence electrons. The van der Waals surface area contributed by atoms with Crippen LogP contribution in [0.25, 0.3) is 5.57 Å². The van der Waals surface area contributed by atoms with Crippen LogP contribution in [0.4, 0.5) is 0 Å². The number of rotatable bonds is 4. The molecule has 2 aromatic carbocycles. The highest BCUT2D eigenvalue weighted by Gasteiger charge is 2.27. The molecule has 0 bridgehead atoms. The highest BCUT2D eigenvalue weighted by molar-refractivity contribution is 5.75. The summed E-state index contributed by atoms with van der Waals surface area (Å²) in [7, 11) is 2.93. The molecule has 2 aliphatic carbocycles. The summed E-state index contributed by atoms with van der Waals surface area (Å²) in [4.78, 5) is 22.7. The van der Waals surface area contributed by atoms with Gasteiger partial charge in [-0.25, -0.2) is 0 Å². The number of allylic oxidation sites excluding steroid dienone is 2. The van der Waals surface area contributed by atoms with Crippen LogP contribution in [0.1, 0.15) is 62.0 Å². The average Bonchev–Trinajstić information content (AvgIpc) is 2.89. The standard InChI is InChI=1S/C14H18O2.C14H16O2/c2*1-16-14(15)13-9-7-12(8-10-13)11-5-3-2-4-6-11/h2-6,12-13H,7-10H2,1H3;2-7,13H,8-10H2,1H3. The third kappa shape index (κ3) is 6.56. The molecule has 2 aromatic rings. The molecule has 1 saturated carbocycles. The van der Waals surface area contributed by atoms with Gasteiger partial charge < -0.3 is 9.47 Å². The van der Waals surface area contributed by atoms with Gasteiger partial charge >= 0.3 is 11.9 Å². The van der Waals surface area contributed by atoms with Gasteiger partial charge in [-0.3, -0.25) is 9.59 Å². The molecule has 4 heteroatoms. The molecule has 4 nitrogen and oxygen atoms in total. The largest absolute Gasteiger partial charge is 0.469 e. The molecule has 2 aliphatic rings. The van der Waals surface area contributed by atoms with E-state index < -0.39 is 0 Å². The van der Waals surface area contributed by atoms with Crippen LogP contribution in [0.15, 0.2) is 66.7 Å². The summed E-state index contributed by atoms with van der Waals surface area (Å²) in [6.07, 6.45) is 8.96. The minimum Gasteiger partial charge on any atom is -0.469 e. The summed E-state index contributed by atoms with van der Waals surface area (Å²) in [5.74, 6) is 0.694. The van der Waals surface area contributed by atoms with E-state index >= 15 is 0 Å². The van der Waals surface area contributed by atoms with Gasteiger partial charge in [-0.15, -0.1) is 0 Å². The monoisotopic (exact) mass is 434 g/mol. The number of methoxy groups -OCH3 is 2. The second kappa shape index (κ2) is 12.2. The van der Waals surface area contributed by atoms with Gasteiger partial charge in [0.05, 0.1) is 26.1 Å². The Morgan fingerprint density at radius 2 is 1.28 bits per heavy atom. The van der Waals surface area contributed by atoms with Crippen molar-refractivity contribution < 1.29 is 19.1 Å². The van der Waals surface area contributed by atoms with Crippen molar-refractivity contribution in [2.45, 2.75) is 50.9 Å². The Hall–Kier alpha value is -2.88. The summed E-state index contributed by atoms with van der Waals surface area (Å²) >= 11 is 0. The first-order chi connectivity index (χ1) is 15.6. The van der Waals surface area contributed by atoms with E-state index in [9.17, 15) is 9.59 Å². The van der Waals surface area contributed by atoms with Crippen molar-refractivity contribution in [3.8, 4) is 0 Å². The Morgan fingerprint density at radius 1 is 0.719 bits per heavy atom. The summed E-state index contributed by atoms with van der Waals surface area (Å²) < 4.78 is 9.55. The van der Waals surface area contributed by atoms with Crippen molar-refractivity contribution in [1.29, 1.82) is 0 Å². The SMILES string of the molecule is COC(=O)C1CC=C(c2ccccc2)CC1.COC(=O)C1CCC(c2ccccc2)CC1. The van der Waals surface area contributed by atoms with Crippen LogP contribution in [0.5, 0.6) is 0 Å². The maximum atomic E-state index is 11.4. The van der Waals surface area contributed by atoms with E-state index in [1.54, 1.807) is 0 Å². The molecule has 0 heterocycles. The highest BCUT2D eigenvalue weighted by Crippen LogP contribution is 2.36. The molecule has 1 fully saturated rings. The first-order valence-electron chi connectivity index (χ1n) is 11.6. The van der Waals surface area contributed by atoms with Crippen molar-refractivity contribution >= 4 is 17.5 Å². The van der Waals surface area contributed by atoms with E-state index in [0.29, 0.717) is 5.92 Å². The van der Waals surface area contributed by atoms with E-state index in [0.717, 1.165) is 44.9 Å². The third-order valence-corrected chi connectivity index (χ3v) is 6.62. The van der Waals surface area contributed by atoms with Crippen molar-refractivity contribution in [3.05, 3.63) is 77.9 Å². The van der Waals surface area contributed by atoms with Gasteiger partial charge in [0.1, 0.15) is 0 Å². The molecule has 32 heavy (non-hydrogen) atoms. The van der Waals surface area contributed by atoms with E-state index in [2.05, 4.69) is 42.5 Å². The molecule has 0 radical (unpaired) electrons. The molecule has 0 aromatic heterocycles. The van der Waals surface area contributed by atoms with Gasteiger partial charge in [0.25, 0.3) is 0 Å². The zero-order chi connectivity index (χ0) is 22.8. The molecule has 0 spiro atoms. The van der Waals surface area contributed by atoms with E-state index in [1.807, 2.05) is 24.3 Å². The van der Waals surface area contributed by atoms with Gasteiger partial charge in [-0.2, -0.15) is 0 Å². The summed E-state index contributed by atoms with van der Waals surface area (Å²) in [5, 5.41) is 0. The second-order valence-electron chi connectivity index (χ2n) is 8.57. The fraction of sp³-hybridized carbons (Fsp3) is 0.429. The van der Waals surface area contributed by atoms with Crippen LogP contribution in [0, 0.1) is 11.8 Å². The number of carbonyl (C=O) groups is 2. The van der Waals surface area contributed by atoms with Gasteiger partial charge in [0.2, 0.25) is 0 Å². The van der Waals surface area contributed by atoms with Crippen molar-refractivity contribution in [1.82, 2.24) is 0 Å². The fourth-order valence-corrected chi connectivity index (χ4v) is 4.68. The molecular weight excluding hydrogens is 400 g/mol. The van der Waals surface area contributed by atoms with Crippen molar-refractivity contribution in [2.75, 3.05) is 14.2 Å². The molecule has 0 saturated heterocycles. The lowest BCUT2D eigenvalue weighted by molar-refractivity contribution is -0.147. The van der Waals surface area contributed by atoms with Gasteiger partial charge in [0.15, 0.2) is 0 Å². The van der Waals surface area contributed by atoms with E-state index in [4.69, 9.17) is 9.47 Å². The van der Waals surface area contributed by atoms with Gasteiger partial charge in [-0.05, 0) is 67.6 Å². The normalized spacial score (nSPS) is 22.6. The lowest BCUT2D eigenvalue weighted by atomic mass is 9.79. The molecule has 1 unspecified atom stereocenters. The third-order valence-electron chi connectivity index (χ3n) is 6.62. The van der Waals surface area contributed by atoms with E-state index in [-0.39, 0.29) is 23.8 Å². The Bertz CT molecular complexity index is 880. The first kappa shape index (κ1) is 23.8. The summed E-state index contributed by atoms with van der Waals surface area (Å²) in [5.41, 5.74) is 4.03. The molecule has 4 rings (SSSR count). The summed E-state index contributed by atoms with van der Waals surface area (Å²) in [6, 6.07) is 20.9. The Balaban J connectivity index is 0.000000181. The average molecular weight is 435 g/mol. The quantitative estimate of drug-likeness (QED) is 0.540. The minimum atomic E-state index is -0.0802. The van der Waals surface area contributed by atoms with Gasteiger partial charge in [0, 0.05) is 0 Å². The van der Waals surface area contributed by atoms with Gasteiger partial charge in [-0.1, -0.05) is 66.7 Å². The van der Waals surface area contributed by atoms with Crippen LogP contribution in [-0.4, -0.2) is 26.2 Å². The molecule has 0 N–H and O–H groups in total. The predicted octanol–water partition coefficient (Wildman–Crippen LogP) is 6.18. The minimum absolute atomic E-state index is 0.0356. The van der Waals surface area contributed by atoms with Crippen LogP contribution in [0.3, 0.4) is 0 Å². The van der Waals surface area contributed by atoms with Crippen molar-refractivity contribution in [2.24, 2.45) is 11.8 Å². The number of ether oxygens (including phenoxy) is 2. The maximum Gasteiger partial charge on any atom is 0.308 e. The van der Waals surface area contributed by atoms with Crippen LogP contribution in [-0.2, 0) is 19.1 Å².